The van der Waals surface area contributed by atoms with E-state index in [0.717, 1.165) is 30.7 Å². The highest BCUT2D eigenvalue weighted by Gasteiger charge is 2.40. The summed E-state index contributed by atoms with van der Waals surface area (Å²) in [5, 5.41) is 3.45. The summed E-state index contributed by atoms with van der Waals surface area (Å²) in [5.41, 5.74) is 0. The zero-order valence-electron chi connectivity index (χ0n) is 11.1. The van der Waals surface area contributed by atoms with Crippen LogP contribution in [0.4, 0.5) is 0 Å². The van der Waals surface area contributed by atoms with Gasteiger partial charge in [-0.1, -0.05) is 6.92 Å². The van der Waals surface area contributed by atoms with Crippen molar-refractivity contribution in [1.29, 1.82) is 0 Å². The summed E-state index contributed by atoms with van der Waals surface area (Å²) in [5.74, 6) is 0.495. The Hall–Kier alpha value is -0.430. The summed E-state index contributed by atoms with van der Waals surface area (Å²) in [6.45, 7) is 4.39. The van der Waals surface area contributed by atoms with Crippen molar-refractivity contribution >= 4 is 21.4 Å². The van der Waals surface area contributed by atoms with Crippen molar-refractivity contribution < 1.29 is 8.42 Å². The molecule has 2 atom stereocenters. The van der Waals surface area contributed by atoms with E-state index in [-0.39, 0.29) is 0 Å². The summed E-state index contributed by atoms with van der Waals surface area (Å²) >= 11 is 1.41. The molecule has 2 aliphatic rings. The number of nitrogens with zero attached hydrogens (tertiary/aromatic N) is 1. The minimum absolute atomic E-state index is 0.356. The predicted octanol–water partition coefficient (Wildman–Crippen LogP) is 1.68. The van der Waals surface area contributed by atoms with Gasteiger partial charge in [-0.2, -0.15) is 4.31 Å². The maximum Gasteiger partial charge on any atom is 0.252 e. The Morgan fingerprint density at radius 1 is 1.42 bits per heavy atom. The number of thiophene rings is 1. The van der Waals surface area contributed by atoms with Crippen molar-refractivity contribution in [2.24, 2.45) is 5.92 Å². The van der Waals surface area contributed by atoms with Crippen LogP contribution in [0.5, 0.6) is 0 Å². The van der Waals surface area contributed by atoms with Gasteiger partial charge in [-0.3, -0.25) is 0 Å². The number of sulfonamides is 1. The number of hydrogen-bond acceptors (Lipinski definition) is 4. The maximum absolute atomic E-state index is 12.6. The molecule has 2 aliphatic heterocycles. The molecule has 19 heavy (non-hydrogen) atoms. The van der Waals surface area contributed by atoms with Gasteiger partial charge >= 0.3 is 0 Å². The lowest BCUT2D eigenvalue weighted by Gasteiger charge is -2.24. The molecule has 3 heterocycles. The smallest absolute Gasteiger partial charge is 0.252 e. The van der Waals surface area contributed by atoms with Gasteiger partial charge in [0.15, 0.2) is 0 Å². The molecule has 1 aromatic heterocycles. The number of nitrogens with one attached hydrogen (secondary N) is 1. The minimum Gasteiger partial charge on any atom is -0.312 e. The van der Waals surface area contributed by atoms with Crippen LogP contribution in [0.2, 0.25) is 0 Å². The Morgan fingerprint density at radius 2 is 2.26 bits per heavy atom. The standard InChI is InChI=1S/C13H20N2O2S2/c1-2-11-5-6-13(18-11)19(16,17)15-8-10-4-3-7-14-12(10)9-15/h5-6,10,12,14H,2-4,7-9H2,1H3. The molecule has 2 saturated heterocycles. The summed E-state index contributed by atoms with van der Waals surface area (Å²) in [6, 6.07) is 4.04. The van der Waals surface area contributed by atoms with Crippen molar-refractivity contribution in [2.45, 2.75) is 36.4 Å². The van der Waals surface area contributed by atoms with Crippen molar-refractivity contribution in [1.82, 2.24) is 9.62 Å². The molecule has 1 aromatic rings. The molecule has 0 aromatic carbocycles. The highest BCUT2D eigenvalue weighted by atomic mass is 32.2. The van der Waals surface area contributed by atoms with Gasteiger partial charge in [-0.25, -0.2) is 8.42 Å². The monoisotopic (exact) mass is 300 g/mol. The van der Waals surface area contributed by atoms with Gasteiger partial charge in [0.05, 0.1) is 0 Å². The van der Waals surface area contributed by atoms with Crippen LogP contribution in [0.1, 0.15) is 24.6 Å². The fourth-order valence-electron chi connectivity index (χ4n) is 3.02. The molecule has 3 rings (SSSR count). The topological polar surface area (TPSA) is 49.4 Å². The second-order valence-electron chi connectivity index (χ2n) is 5.36. The third kappa shape index (κ3) is 2.46. The number of fused-ring (bicyclic) bond motifs is 1. The van der Waals surface area contributed by atoms with Gasteiger partial charge in [0.1, 0.15) is 4.21 Å². The zero-order valence-corrected chi connectivity index (χ0v) is 12.8. The first-order valence-corrected chi connectivity index (χ1v) is 9.19. The van der Waals surface area contributed by atoms with Crippen LogP contribution in [0.25, 0.3) is 0 Å². The van der Waals surface area contributed by atoms with E-state index in [1.165, 1.54) is 11.3 Å². The second kappa shape index (κ2) is 5.16. The Morgan fingerprint density at radius 3 is 2.95 bits per heavy atom. The molecule has 2 unspecified atom stereocenters. The SMILES string of the molecule is CCc1ccc(S(=O)(=O)N2CC3CCCNC3C2)s1. The summed E-state index contributed by atoms with van der Waals surface area (Å²) < 4.78 is 27.4. The third-order valence-corrected chi connectivity index (χ3v) is 7.67. The first-order chi connectivity index (χ1) is 9.11. The molecule has 0 saturated carbocycles. The number of aryl methyl sites for hydroxylation is 1. The number of hydrogen-bond donors (Lipinski definition) is 1. The van der Waals surface area contributed by atoms with Gasteiger partial charge in [-0.15, -0.1) is 11.3 Å². The van der Waals surface area contributed by atoms with Crippen molar-refractivity contribution in [2.75, 3.05) is 19.6 Å². The van der Waals surface area contributed by atoms with Gasteiger partial charge in [-0.05, 0) is 43.9 Å². The van der Waals surface area contributed by atoms with Crippen LogP contribution in [0, 0.1) is 5.92 Å². The fourth-order valence-corrected chi connectivity index (χ4v) is 5.99. The van der Waals surface area contributed by atoms with Gasteiger partial charge in [0.25, 0.3) is 10.0 Å². The molecule has 0 spiro atoms. The van der Waals surface area contributed by atoms with Crippen LogP contribution in [0.3, 0.4) is 0 Å². The quantitative estimate of drug-likeness (QED) is 0.924. The van der Waals surface area contributed by atoms with Crippen molar-refractivity contribution in [3.63, 3.8) is 0 Å². The van der Waals surface area contributed by atoms with Gasteiger partial charge < -0.3 is 5.32 Å². The largest absolute Gasteiger partial charge is 0.312 e. The first kappa shape index (κ1) is 13.5. The average molecular weight is 300 g/mol. The van der Waals surface area contributed by atoms with Crippen molar-refractivity contribution in [3.8, 4) is 0 Å². The molecule has 1 N–H and O–H groups in total. The summed E-state index contributed by atoms with van der Waals surface area (Å²) in [7, 11) is -3.27. The van der Waals surface area contributed by atoms with E-state index in [4.69, 9.17) is 0 Å². The molecule has 4 nitrogen and oxygen atoms in total. The molecule has 106 valence electrons. The normalized spacial score (nSPS) is 28.5. The number of rotatable bonds is 3. The first-order valence-electron chi connectivity index (χ1n) is 6.93. The molecule has 6 heteroatoms. The van der Waals surface area contributed by atoms with Crippen LogP contribution in [-0.2, 0) is 16.4 Å². The van der Waals surface area contributed by atoms with E-state index in [9.17, 15) is 8.42 Å². The van der Waals surface area contributed by atoms with Crippen LogP contribution >= 0.6 is 11.3 Å². The predicted molar refractivity (Wildman–Crippen MR) is 77.0 cm³/mol. The molecular weight excluding hydrogens is 280 g/mol. The maximum atomic E-state index is 12.6. The molecular formula is C13H20N2O2S2. The lowest BCUT2D eigenvalue weighted by Crippen LogP contribution is -2.41. The van der Waals surface area contributed by atoms with E-state index in [1.807, 2.05) is 6.07 Å². The van der Waals surface area contributed by atoms with Crippen molar-refractivity contribution in [3.05, 3.63) is 17.0 Å². The van der Waals surface area contributed by atoms with E-state index in [0.29, 0.717) is 29.3 Å². The summed E-state index contributed by atoms with van der Waals surface area (Å²) in [4.78, 5) is 1.13. The Kier molecular flexibility index (Phi) is 3.68. The van der Waals surface area contributed by atoms with Crippen LogP contribution in [0.15, 0.2) is 16.3 Å². The van der Waals surface area contributed by atoms with Crippen LogP contribution < -0.4 is 5.32 Å². The molecule has 0 aliphatic carbocycles. The highest BCUT2D eigenvalue weighted by Crippen LogP contribution is 2.32. The van der Waals surface area contributed by atoms with E-state index < -0.39 is 10.0 Å². The Bertz CT molecular complexity index is 539. The highest BCUT2D eigenvalue weighted by molar-refractivity contribution is 7.91. The Balaban J connectivity index is 1.81. The average Bonchev–Trinajstić information content (AvgIpc) is 3.05. The second-order valence-corrected chi connectivity index (χ2v) is 8.69. The molecule has 2 fully saturated rings. The zero-order chi connectivity index (χ0) is 13.5. The Labute approximate surface area is 118 Å². The summed E-state index contributed by atoms with van der Waals surface area (Å²) in [6.07, 6.45) is 3.20. The van der Waals surface area contributed by atoms with Gasteiger partial charge in [0, 0.05) is 24.0 Å². The van der Waals surface area contributed by atoms with E-state index in [2.05, 4.69) is 12.2 Å². The fraction of sp³-hybridized carbons (Fsp3) is 0.692. The lowest BCUT2D eigenvalue weighted by atomic mass is 9.94. The minimum atomic E-state index is -3.27. The third-order valence-electron chi connectivity index (χ3n) is 4.15. The molecule has 0 radical (unpaired) electrons. The van der Waals surface area contributed by atoms with E-state index in [1.54, 1.807) is 10.4 Å². The van der Waals surface area contributed by atoms with Gasteiger partial charge in [0.2, 0.25) is 0 Å². The molecule has 0 bridgehead atoms. The molecule has 0 amide bonds. The lowest BCUT2D eigenvalue weighted by molar-refractivity contribution is 0.339. The van der Waals surface area contributed by atoms with E-state index >= 15 is 0 Å². The number of piperidine rings is 1. The van der Waals surface area contributed by atoms with Crippen LogP contribution in [-0.4, -0.2) is 38.4 Å².